The van der Waals surface area contributed by atoms with Crippen molar-refractivity contribution in [2.75, 3.05) is 13.7 Å². The maximum absolute atomic E-state index is 11.0. The van der Waals surface area contributed by atoms with Crippen LogP contribution in [0.1, 0.15) is 25.3 Å². The van der Waals surface area contributed by atoms with Crippen molar-refractivity contribution >= 4 is 21.9 Å². The molecule has 0 aliphatic carbocycles. The van der Waals surface area contributed by atoms with E-state index in [0.717, 1.165) is 5.56 Å². The number of methoxy groups -OCH3 is 1. The van der Waals surface area contributed by atoms with E-state index in [-0.39, 0.29) is 12.5 Å². The van der Waals surface area contributed by atoms with E-state index in [0.29, 0.717) is 16.0 Å². The normalized spacial score (nSPS) is 10.2. The standard InChI is InChI=1S/C12H14BrNO5/c1-7(2)8-4-11(17-3)9(13)5-10(8)18-6-12(15)19-14-16/h4-5,7H,6H2,1-3H3. The van der Waals surface area contributed by atoms with Gasteiger partial charge in [-0.15, -0.1) is 4.91 Å². The SMILES string of the molecule is COc1cc(C(C)C)c(OCC(=O)ON=O)cc1Br. The number of nitrogens with zero attached hydrogens (tertiary/aromatic N) is 1. The fourth-order valence-electron chi connectivity index (χ4n) is 1.49. The monoisotopic (exact) mass is 331 g/mol. The van der Waals surface area contributed by atoms with Crippen LogP contribution in [0.4, 0.5) is 0 Å². The van der Waals surface area contributed by atoms with Gasteiger partial charge < -0.3 is 9.47 Å². The Bertz CT molecular complexity index is 475. The van der Waals surface area contributed by atoms with Gasteiger partial charge in [-0.1, -0.05) is 13.8 Å². The van der Waals surface area contributed by atoms with Gasteiger partial charge in [0.1, 0.15) is 11.5 Å². The van der Waals surface area contributed by atoms with Gasteiger partial charge in [-0.3, -0.25) is 4.84 Å². The zero-order chi connectivity index (χ0) is 14.4. The van der Waals surface area contributed by atoms with Crippen LogP contribution in [0.3, 0.4) is 0 Å². The summed E-state index contributed by atoms with van der Waals surface area (Å²) in [7, 11) is 1.57. The Balaban J connectivity index is 2.95. The van der Waals surface area contributed by atoms with Crippen molar-refractivity contribution in [3.05, 3.63) is 27.1 Å². The van der Waals surface area contributed by atoms with Crippen LogP contribution in [-0.2, 0) is 9.63 Å². The minimum atomic E-state index is -0.850. The van der Waals surface area contributed by atoms with Crippen LogP contribution < -0.4 is 9.47 Å². The third kappa shape index (κ3) is 4.20. The molecule has 0 aromatic heterocycles. The van der Waals surface area contributed by atoms with Crippen molar-refractivity contribution in [2.45, 2.75) is 19.8 Å². The molecule has 0 heterocycles. The quantitative estimate of drug-likeness (QED) is 0.591. The highest BCUT2D eigenvalue weighted by molar-refractivity contribution is 9.10. The van der Waals surface area contributed by atoms with Gasteiger partial charge in [0.2, 0.25) is 0 Å². The second-order valence-electron chi connectivity index (χ2n) is 4.01. The molecular formula is C12H14BrNO5. The minimum Gasteiger partial charge on any atom is -0.496 e. The number of ether oxygens (including phenoxy) is 2. The summed E-state index contributed by atoms with van der Waals surface area (Å²) in [5, 5.41) is 2.04. The Morgan fingerprint density at radius 3 is 2.58 bits per heavy atom. The average molecular weight is 332 g/mol. The molecule has 0 saturated carbocycles. The van der Waals surface area contributed by atoms with Crippen LogP contribution >= 0.6 is 15.9 Å². The molecule has 0 amide bonds. The molecule has 7 heteroatoms. The summed E-state index contributed by atoms with van der Waals surface area (Å²) in [5.41, 5.74) is 0.881. The first-order chi connectivity index (χ1) is 8.99. The lowest BCUT2D eigenvalue weighted by atomic mass is 10.0. The Morgan fingerprint density at radius 1 is 1.37 bits per heavy atom. The predicted molar refractivity (Wildman–Crippen MR) is 72.2 cm³/mol. The smallest absolute Gasteiger partial charge is 0.375 e. The molecular weight excluding hydrogens is 318 g/mol. The van der Waals surface area contributed by atoms with Gasteiger partial charge in [0.15, 0.2) is 11.9 Å². The number of halogens is 1. The first-order valence-corrected chi connectivity index (χ1v) is 6.31. The molecule has 1 aromatic carbocycles. The minimum absolute atomic E-state index is 0.178. The Morgan fingerprint density at radius 2 is 2.05 bits per heavy atom. The summed E-state index contributed by atoms with van der Waals surface area (Å²) in [5.74, 6) is 0.521. The molecule has 104 valence electrons. The maximum Gasteiger partial charge on any atom is 0.375 e. The van der Waals surface area contributed by atoms with Crippen LogP contribution in [0, 0.1) is 4.91 Å². The second kappa shape index (κ2) is 7.08. The first kappa shape index (κ1) is 15.4. The summed E-state index contributed by atoms with van der Waals surface area (Å²) in [6.07, 6.45) is 0. The molecule has 6 nitrogen and oxygen atoms in total. The molecule has 1 aromatic rings. The molecule has 0 unspecified atom stereocenters. The molecule has 1 rings (SSSR count). The van der Waals surface area contributed by atoms with E-state index in [1.54, 1.807) is 13.2 Å². The van der Waals surface area contributed by atoms with Gasteiger partial charge in [0.05, 0.1) is 11.6 Å². The molecule has 19 heavy (non-hydrogen) atoms. The highest BCUT2D eigenvalue weighted by atomic mass is 79.9. The number of hydrogen-bond donors (Lipinski definition) is 0. The molecule has 0 aliphatic heterocycles. The fourth-order valence-corrected chi connectivity index (χ4v) is 1.97. The van der Waals surface area contributed by atoms with Crippen LogP contribution in [0.2, 0.25) is 0 Å². The Kier molecular flexibility index (Phi) is 5.75. The summed E-state index contributed by atoms with van der Waals surface area (Å²) in [6.45, 7) is 3.59. The highest BCUT2D eigenvalue weighted by Crippen LogP contribution is 2.36. The summed E-state index contributed by atoms with van der Waals surface area (Å²) in [4.78, 5) is 24.7. The zero-order valence-electron chi connectivity index (χ0n) is 10.8. The maximum atomic E-state index is 11.0. The summed E-state index contributed by atoms with van der Waals surface area (Å²) in [6, 6.07) is 3.53. The van der Waals surface area contributed by atoms with Gasteiger partial charge in [-0.25, -0.2) is 4.79 Å². The molecule has 0 saturated heterocycles. The van der Waals surface area contributed by atoms with Crippen molar-refractivity contribution in [3.8, 4) is 11.5 Å². The predicted octanol–water partition coefficient (Wildman–Crippen LogP) is 3.18. The van der Waals surface area contributed by atoms with Crippen LogP contribution in [0.25, 0.3) is 0 Å². The van der Waals surface area contributed by atoms with Crippen molar-refractivity contribution in [2.24, 2.45) is 5.34 Å². The van der Waals surface area contributed by atoms with Gasteiger partial charge in [0.25, 0.3) is 0 Å². The third-order valence-electron chi connectivity index (χ3n) is 2.39. The van der Waals surface area contributed by atoms with E-state index in [2.05, 4.69) is 20.8 Å². The number of benzene rings is 1. The number of hydrogen-bond acceptors (Lipinski definition) is 6. The Labute approximate surface area is 119 Å². The molecule has 0 bridgehead atoms. The van der Waals surface area contributed by atoms with E-state index in [9.17, 15) is 9.70 Å². The molecule has 0 N–H and O–H groups in total. The van der Waals surface area contributed by atoms with Gasteiger partial charge in [-0.05, 0) is 34.0 Å². The lowest BCUT2D eigenvalue weighted by Crippen LogP contribution is -2.13. The molecule has 0 aliphatic rings. The first-order valence-electron chi connectivity index (χ1n) is 5.52. The van der Waals surface area contributed by atoms with E-state index >= 15 is 0 Å². The zero-order valence-corrected chi connectivity index (χ0v) is 12.4. The van der Waals surface area contributed by atoms with Gasteiger partial charge in [0, 0.05) is 5.56 Å². The van der Waals surface area contributed by atoms with E-state index in [1.165, 1.54) is 0 Å². The van der Waals surface area contributed by atoms with E-state index in [4.69, 9.17) is 9.47 Å². The lowest BCUT2D eigenvalue weighted by Gasteiger charge is -2.15. The van der Waals surface area contributed by atoms with E-state index < -0.39 is 5.97 Å². The second-order valence-corrected chi connectivity index (χ2v) is 4.86. The summed E-state index contributed by atoms with van der Waals surface area (Å²) >= 11 is 3.34. The van der Waals surface area contributed by atoms with E-state index in [1.807, 2.05) is 25.3 Å². The molecule has 0 spiro atoms. The van der Waals surface area contributed by atoms with Crippen molar-refractivity contribution in [3.63, 3.8) is 0 Å². The lowest BCUT2D eigenvalue weighted by molar-refractivity contribution is -0.146. The molecule has 0 radical (unpaired) electrons. The van der Waals surface area contributed by atoms with Crippen molar-refractivity contribution < 1.29 is 19.1 Å². The Hall–Kier alpha value is -1.63. The van der Waals surface area contributed by atoms with Crippen molar-refractivity contribution in [1.29, 1.82) is 0 Å². The number of carbonyl (C=O) groups is 1. The highest BCUT2D eigenvalue weighted by Gasteiger charge is 2.14. The van der Waals surface area contributed by atoms with Gasteiger partial charge in [-0.2, -0.15) is 0 Å². The van der Waals surface area contributed by atoms with Crippen LogP contribution in [-0.4, -0.2) is 19.7 Å². The third-order valence-corrected chi connectivity index (χ3v) is 3.01. The largest absolute Gasteiger partial charge is 0.496 e. The number of carbonyl (C=O) groups excluding carboxylic acids is 1. The fraction of sp³-hybridized carbons (Fsp3) is 0.417. The van der Waals surface area contributed by atoms with Crippen LogP contribution in [0.15, 0.2) is 21.9 Å². The number of rotatable bonds is 6. The van der Waals surface area contributed by atoms with Gasteiger partial charge >= 0.3 is 5.97 Å². The average Bonchev–Trinajstić information content (AvgIpc) is 2.36. The van der Waals surface area contributed by atoms with Crippen molar-refractivity contribution in [1.82, 2.24) is 0 Å². The topological polar surface area (TPSA) is 74.2 Å². The summed E-state index contributed by atoms with van der Waals surface area (Å²) < 4.78 is 11.2. The van der Waals surface area contributed by atoms with Crippen LogP contribution in [0.5, 0.6) is 11.5 Å². The molecule has 0 atom stereocenters. The molecule has 0 fully saturated rings.